The Hall–Kier alpha value is 0. The molecule has 0 aromatic rings. The summed E-state index contributed by atoms with van der Waals surface area (Å²) in [4.78, 5) is 0. The van der Waals surface area contributed by atoms with E-state index in [4.69, 9.17) is 0 Å². The second-order valence-electron chi connectivity index (χ2n) is 12.4. The fourth-order valence-electron chi connectivity index (χ4n) is 5.96. The normalized spacial score (nSPS) is 17.8. The Kier molecular flexibility index (Phi) is 21.1. The summed E-state index contributed by atoms with van der Waals surface area (Å²) in [6.07, 6.45) is 14.0. The van der Waals surface area contributed by atoms with Gasteiger partial charge in [-0.25, -0.2) is 0 Å². The molecule has 0 nitrogen and oxygen atoms in total. The topological polar surface area (TPSA) is 0 Å². The summed E-state index contributed by atoms with van der Waals surface area (Å²) in [5, 5.41) is 0. The molecular weight excluding hydrogens is 360 g/mol. The molecule has 0 spiro atoms. The summed E-state index contributed by atoms with van der Waals surface area (Å²) in [6.45, 7) is 28.4. The molecule has 0 heteroatoms. The Balaban J connectivity index is 0. The van der Waals surface area contributed by atoms with Gasteiger partial charge in [0.25, 0.3) is 0 Å². The second kappa shape index (κ2) is 19.7. The Bertz CT molecular complexity index is 308. The van der Waals surface area contributed by atoms with E-state index in [9.17, 15) is 0 Å². The van der Waals surface area contributed by atoms with Crippen LogP contribution in [0, 0.1) is 47.3 Å². The van der Waals surface area contributed by atoms with E-state index in [1.807, 2.05) is 0 Å². The van der Waals surface area contributed by atoms with E-state index in [-0.39, 0.29) is 0 Å². The van der Waals surface area contributed by atoms with E-state index < -0.39 is 0 Å². The van der Waals surface area contributed by atoms with Crippen LogP contribution in [0.5, 0.6) is 0 Å². The Morgan fingerprint density at radius 2 is 0.567 bits per heavy atom. The third-order valence-corrected chi connectivity index (χ3v) is 6.53. The maximum atomic E-state index is 2.43. The zero-order valence-electron chi connectivity index (χ0n) is 23.7. The third kappa shape index (κ3) is 22.7. The van der Waals surface area contributed by atoms with Crippen molar-refractivity contribution < 1.29 is 0 Å². The van der Waals surface area contributed by atoms with Crippen molar-refractivity contribution in [3.63, 3.8) is 0 Å². The van der Waals surface area contributed by atoms with Crippen molar-refractivity contribution in [1.29, 1.82) is 0 Å². The molecule has 0 N–H and O–H groups in total. The van der Waals surface area contributed by atoms with E-state index in [1.165, 1.54) is 64.2 Å². The first-order chi connectivity index (χ1) is 13.9. The second-order valence-corrected chi connectivity index (χ2v) is 12.4. The molecule has 0 radical (unpaired) electrons. The molecule has 0 saturated heterocycles. The minimum absolute atomic E-state index is 0.861. The Morgan fingerprint density at radius 1 is 0.333 bits per heavy atom. The predicted molar refractivity (Wildman–Crippen MR) is 142 cm³/mol. The largest absolute Gasteiger partial charge is 0.0654 e. The van der Waals surface area contributed by atoms with Crippen molar-refractivity contribution in [3.05, 3.63) is 0 Å². The lowest BCUT2D eigenvalue weighted by atomic mass is 9.85. The maximum absolute atomic E-state index is 2.43. The molecule has 0 aliphatic rings. The Morgan fingerprint density at radius 3 is 0.800 bits per heavy atom. The molecule has 0 heterocycles. The van der Waals surface area contributed by atoms with Crippen molar-refractivity contribution >= 4 is 0 Å². The Labute approximate surface area is 194 Å². The van der Waals surface area contributed by atoms with Gasteiger partial charge in [-0.15, -0.1) is 0 Å². The molecule has 0 aliphatic carbocycles. The van der Waals surface area contributed by atoms with E-state index in [0.29, 0.717) is 0 Å². The predicted octanol–water partition coefficient (Wildman–Crippen LogP) is 11.0. The van der Waals surface area contributed by atoms with E-state index in [1.54, 1.807) is 0 Å². The lowest BCUT2D eigenvalue weighted by Gasteiger charge is -2.21. The van der Waals surface area contributed by atoms with Gasteiger partial charge in [0.15, 0.2) is 0 Å². The van der Waals surface area contributed by atoms with E-state index in [2.05, 4.69) is 83.1 Å². The van der Waals surface area contributed by atoms with E-state index in [0.717, 1.165) is 47.3 Å². The van der Waals surface area contributed by atoms with Crippen LogP contribution in [0.25, 0.3) is 0 Å². The summed E-state index contributed by atoms with van der Waals surface area (Å²) in [5.41, 5.74) is 0. The van der Waals surface area contributed by atoms with E-state index >= 15 is 0 Å². The van der Waals surface area contributed by atoms with Gasteiger partial charge >= 0.3 is 0 Å². The zero-order chi connectivity index (χ0) is 23.7. The van der Waals surface area contributed by atoms with Crippen LogP contribution >= 0.6 is 0 Å². The van der Waals surface area contributed by atoms with Crippen molar-refractivity contribution in [2.45, 2.75) is 147 Å². The lowest BCUT2D eigenvalue weighted by molar-refractivity contribution is 0.306. The minimum Gasteiger partial charge on any atom is -0.0654 e. The molecule has 3 unspecified atom stereocenters. The maximum Gasteiger partial charge on any atom is -0.0438 e. The zero-order valence-corrected chi connectivity index (χ0v) is 23.7. The van der Waals surface area contributed by atoms with Crippen molar-refractivity contribution in [2.75, 3.05) is 0 Å². The molecule has 0 saturated carbocycles. The summed E-state index contributed by atoms with van der Waals surface area (Å²) in [7, 11) is 0. The van der Waals surface area contributed by atoms with Gasteiger partial charge in [-0.3, -0.25) is 0 Å². The van der Waals surface area contributed by atoms with Crippen LogP contribution in [0.15, 0.2) is 0 Å². The van der Waals surface area contributed by atoms with Gasteiger partial charge in [-0.05, 0) is 85.9 Å². The van der Waals surface area contributed by atoms with Crippen molar-refractivity contribution in [2.24, 2.45) is 47.3 Å². The molecule has 184 valence electrons. The van der Waals surface area contributed by atoms with Crippen LogP contribution in [0.2, 0.25) is 0 Å². The first kappa shape index (κ1) is 32.2. The summed E-state index contributed by atoms with van der Waals surface area (Å²) >= 11 is 0. The molecule has 0 aromatic heterocycles. The van der Waals surface area contributed by atoms with Crippen LogP contribution in [0.3, 0.4) is 0 Å². The standard InChI is InChI=1S/2C15H32/c2*1-7-8-13(4)10-15(6)11-14(5)9-12(2)3/h2*12-15H,7-11H2,1-6H3/t13-,14+,15-;/m0./s1. The highest BCUT2D eigenvalue weighted by Gasteiger charge is 2.14. The number of rotatable bonds is 16. The first-order valence-electron chi connectivity index (χ1n) is 13.9. The summed E-state index contributed by atoms with van der Waals surface area (Å²) in [6, 6.07) is 0. The number of hydrogen-bond acceptors (Lipinski definition) is 0. The van der Waals surface area contributed by atoms with Crippen LogP contribution in [0.4, 0.5) is 0 Å². The van der Waals surface area contributed by atoms with Gasteiger partial charge in [0.1, 0.15) is 0 Å². The first-order valence-corrected chi connectivity index (χ1v) is 13.9. The molecule has 0 bridgehead atoms. The van der Waals surface area contributed by atoms with Gasteiger partial charge in [0.2, 0.25) is 0 Å². The SMILES string of the molecule is CCCC(C)CC(C)CC(C)CC(C)C.CCC[C@H](C)C[C@H](C)C[C@H](C)CC(C)C. The minimum atomic E-state index is 0.861. The molecule has 6 atom stereocenters. The highest BCUT2D eigenvalue weighted by atomic mass is 14.2. The van der Waals surface area contributed by atoms with Gasteiger partial charge < -0.3 is 0 Å². The van der Waals surface area contributed by atoms with Crippen LogP contribution in [-0.2, 0) is 0 Å². The quantitative estimate of drug-likeness (QED) is 0.231. The van der Waals surface area contributed by atoms with Gasteiger partial charge in [-0.2, -0.15) is 0 Å². The fourth-order valence-corrected chi connectivity index (χ4v) is 5.96. The fraction of sp³-hybridized carbons (Fsp3) is 1.00. The third-order valence-electron chi connectivity index (χ3n) is 6.53. The van der Waals surface area contributed by atoms with Crippen molar-refractivity contribution in [1.82, 2.24) is 0 Å². The molecule has 0 aromatic carbocycles. The van der Waals surface area contributed by atoms with Gasteiger partial charge in [-0.1, -0.05) is 109 Å². The monoisotopic (exact) mass is 425 g/mol. The molecular formula is C30H64. The smallest absolute Gasteiger partial charge is 0.0438 e. The molecule has 0 amide bonds. The van der Waals surface area contributed by atoms with Gasteiger partial charge in [0.05, 0.1) is 0 Å². The van der Waals surface area contributed by atoms with Crippen LogP contribution in [-0.4, -0.2) is 0 Å². The lowest BCUT2D eigenvalue weighted by Crippen LogP contribution is -2.09. The van der Waals surface area contributed by atoms with Crippen LogP contribution in [0.1, 0.15) is 147 Å². The van der Waals surface area contributed by atoms with Gasteiger partial charge in [0, 0.05) is 0 Å². The average Bonchev–Trinajstić information content (AvgIpc) is 2.53. The highest BCUT2D eigenvalue weighted by molar-refractivity contribution is 4.65. The summed E-state index contributed by atoms with van der Waals surface area (Å²) < 4.78 is 0. The summed E-state index contributed by atoms with van der Waals surface area (Å²) in [5.74, 6) is 7.23. The number of hydrogen-bond donors (Lipinski definition) is 0. The average molecular weight is 425 g/mol. The molecule has 0 rings (SSSR count). The van der Waals surface area contributed by atoms with Crippen LogP contribution < -0.4 is 0 Å². The molecule has 0 aliphatic heterocycles. The molecule has 0 fully saturated rings. The highest BCUT2D eigenvalue weighted by Crippen LogP contribution is 2.26. The molecule has 30 heavy (non-hydrogen) atoms. The van der Waals surface area contributed by atoms with Crippen molar-refractivity contribution in [3.8, 4) is 0 Å².